The number of carbonyl (C=O) groups excluding carboxylic acids is 1. The van der Waals surface area contributed by atoms with Crippen molar-refractivity contribution in [3.05, 3.63) is 59.7 Å². The Bertz CT molecular complexity index is 947. The van der Waals surface area contributed by atoms with E-state index in [1.165, 1.54) is 6.07 Å². The molecule has 4 atom stereocenters. The molecule has 2 N–H and O–H groups in total. The van der Waals surface area contributed by atoms with Crippen LogP contribution in [0.3, 0.4) is 0 Å². The first-order chi connectivity index (χ1) is 14.9. The summed E-state index contributed by atoms with van der Waals surface area (Å²) in [4.78, 5) is 19.2. The molecule has 1 saturated carbocycles. The number of rotatable bonds is 8. The van der Waals surface area contributed by atoms with Gasteiger partial charge in [0.1, 0.15) is 0 Å². The quantitative estimate of drug-likeness (QED) is 0.488. The summed E-state index contributed by atoms with van der Waals surface area (Å²) < 4.78 is 13.5. The van der Waals surface area contributed by atoms with Gasteiger partial charge in [0.25, 0.3) is 0 Å². The molecule has 4 nitrogen and oxygen atoms in total. The highest BCUT2D eigenvalue weighted by molar-refractivity contribution is 5.97. The predicted molar refractivity (Wildman–Crippen MR) is 123 cm³/mol. The molecule has 3 rings (SSSR count). The van der Waals surface area contributed by atoms with Crippen molar-refractivity contribution in [2.24, 2.45) is 17.6 Å². The molecule has 1 aliphatic carbocycles. The van der Waals surface area contributed by atoms with Gasteiger partial charge >= 0.3 is 0 Å². The average Bonchev–Trinajstić information content (AvgIpc) is 3.58. The van der Waals surface area contributed by atoms with Crippen LogP contribution in [0.2, 0.25) is 0 Å². The number of hydrogen-bond acceptors (Lipinski definition) is 3. The van der Waals surface area contributed by atoms with Crippen LogP contribution in [0.1, 0.15) is 63.6 Å². The fraction of sp³-hybridized carbons (Fsp3) is 0.462. The van der Waals surface area contributed by atoms with Gasteiger partial charge in [-0.15, -0.1) is 0 Å². The maximum absolute atomic E-state index is 13.5. The van der Waals surface area contributed by atoms with Crippen LogP contribution in [0.25, 0.3) is 0 Å². The summed E-state index contributed by atoms with van der Waals surface area (Å²) in [5.74, 6) is 5.89. The summed E-state index contributed by atoms with van der Waals surface area (Å²) >= 11 is 0. The standard InChI is InChI=1S/C26H32FN3O/c1-4-6-7-9-19-12-14-20(15-13-19)30(17-23(28)18(3)5-2)26(31)22-16-21(22)24-10-8-11-25(27)29-24/h8,10-15,18,21-23H,4-6,16-17,28H2,1-3H3/t18-,21-,22-,23+/m0/s1. The van der Waals surface area contributed by atoms with Crippen molar-refractivity contribution in [1.82, 2.24) is 4.98 Å². The molecule has 0 aliphatic heterocycles. The molecule has 1 fully saturated rings. The highest BCUT2D eigenvalue weighted by Gasteiger charge is 2.47. The second-order valence-electron chi connectivity index (χ2n) is 8.43. The molecule has 0 radical (unpaired) electrons. The van der Waals surface area contributed by atoms with E-state index in [1.807, 2.05) is 24.3 Å². The molecule has 2 aromatic rings. The average molecular weight is 422 g/mol. The summed E-state index contributed by atoms with van der Waals surface area (Å²) in [6.45, 7) is 6.77. The SMILES string of the molecule is CCCC#Cc1ccc(N(C[C@@H](N)[C@@H](C)CC)C(=O)[C@H]2C[C@@H]2c2cccc(F)n2)cc1. The molecule has 1 heterocycles. The largest absolute Gasteiger partial charge is 0.326 e. The fourth-order valence-electron chi connectivity index (χ4n) is 3.66. The van der Waals surface area contributed by atoms with Gasteiger partial charge in [-0.2, -0.15) is 4.39 Å². The van der Waals surface area contributed by atoms with Crippen LogP contribution in [-0.4, -0.2) is 23.5 Å². The van der Waals surface area contributed by atoms with Crippen LogP contribution in [-0.2, 0) is 4.79 Å². The lowest BCUT2D eigenvalue weighted by atomic mass is 9.99. The molecule has 0 bridgehead atoms. The van der Waals surface area contributed by atoms with Crippen LogP contribution < -0.4 is 10.6 Å². The van der Waals surface area contributed by atoms with E-state index in [2.05, 4.69) is 37.6 Å². The van der Waals surface area contributed by atoms with Gasteiger partial charge < -0.3 is 10.6 Å². The van der Waals surface area contributed by atoms with Crippen molar-refractivity contribution in [1.29, 1.82) is 0 Å². The first-order valence-corrected chi connectivity index (χ1v) is 11.2. The van der Waals surface area contributed by atoms with Crippen molar-refractivity contribution in [3.8, 4) is 11.8 Å². The number of nitrogens with zero attached hydrogens (tertiary/aromatic N) is 2. The molecule has 5 heteroatoms. The molecule has 1 aliphatic rings. The van der Waals surface area contributed by atoms with Crippen LogP contribution in [0.4, 0.5) is 10.1 Å². The van der Waals surface area contributed by atoms with Crippen LogP contribution in [0, 0.1) is 29.6 Å². The topological polar surface area (TPSA) is 59.2 Å². The maximum atomic E-state index is 13.5. The zero-order valence-corrected chi connectivity index (χ0v) is 18.6. The van der Waals surface area contributed by atoms with Crippen molar-refractivity contribution >= 4 is 11.6 Å². The summed E-state index contributed by atoms with van der Waals surface area (Å²) in [5.41, 5.74) is 8.82. The minimum Gasteiger partial charge on any atom is -0.326 e. The Labute approximate surface area is 185 Å². The second-order valence-corrected chi connectivity index (χ2v) is 8.43. The number of anilines is 1. The fourth-order valence-corrected chi connectivity index (χ4v) is 3.66. The lowest BCUT2D eigenvalue weighted by Gasteiger charge is -2.29. The summed E-state index contributed by atoms with van der Waals surface area (Å²) in [7, 11) is 0. The number of benzene rings is 1. The molecule has 0 spiro atoms. The maximum Gasteiger partial charge on any atom is 0.230 e. The van der Waals surface area contributed by atoms with Crippen molar-refractivity contribution in [3.63, 3.8) is 0 Å². The molecule has 31 heavy (non-hydrogen) atoms. The van der Waals surface area contributed by atoms with Crippen LogP contribution in [0.15, 0.2) is 42.5 Å². The third kappa shape index (κ3) is 5.92. The molecule has 1 aromatic carbocycles. The number of amides is 1. The Morgan fingerprint density at radius 1 is 1.26 bits per heavy atom. The molecular weight excluding hydrogens is 389 g/mol. The predicted octanol–water partition coefficient (Wildman–Crippen LogP) is 4.88. The van der Waals surface area contributed by atoms with Gasteiger partial charge in [0.2, 0.25) is 11.9 Å². The number of halogens is 1. The Morgan fingerprint density at radius 2 is 2.00 bits per heavy atom. The second kappa shape index (κ2) is 10.5. The molecule has 0 saturated heterocycles. The number of nitrogens with two attached hydrogens (primary N) is 1. The van der Waals surface area contributed by atoms with Crippen molar-refractivity contribution in [2.75, 3.05) is 11.4 Å². The Morgan fingerprint density at radius 3 is 2.65 bits per heavy atom. The molecule has 0 unspecified atom stereocenters. The Hall–Kier alpha value is -2.71. The van der Waals surface area contributed by atoms with Gasteiger partial charge in [-0.1, -0.05) is 45.1 Å². The van der Waals surface area contributed by atoms with Crippen LogP contribution in [0.5, 0.6) is 0 Å². The monoisotopic (exact) mass is 421 g/mol. The van der Waals surface area contributed by atoms with Gasteiger partial charge in [-0.05, 0) is 55.2 Å². The van der Waals surface area contributed by atoms with E-state index in [0.29, 0.717) is 24.6 Å². The normalized spacial score (nSPS) is 19.1. The first kappa shape index (κ1) is 23.0. The third-order valence-electron chi connectivity index (χ3n) is 6.05. The number of unbranched alkanes of at least 4 members (excludes halogenated alkanes) is 1. The van der Waals surface area contributed by atoms with Gasteiger partial charge in [0.05, 0.1) is 0 Å². The van der Waals surface area contributed by atoms with Gasteiger partial charge in [0, 0.05) is 47.8 Å². The van der Waals surface area contributed by atoms with E-state index in [0.717, 1.165) is 30.5 Å². The lowest BCUT2D eigenvalue weighted by molar-refractivity contribution is -0.120. The number of aromatic nitrogens is 1. The van der Waals surface area contributed by atoms with Gasteiger partial charge in [-0.3, -0.25) is 4.79 Å². The number of hydrogen-bond donors (Lipinski definition) is 1. The highest BCUT2D eigenvalue weighted by atomic mass is 19.1. The van der Waals surface area contributed by atoms with E-state index in [-0.39, 0.29) is 23.8 Å². The number of pyridine rings is 1. The van der Waals surface area contributed by atoms with E-state index in [1.54, 1.807) is 17.0 Å². The zero-order chi connectivity index (χ0) is 22.4. The van der Waals surface area contributed by atoms with Crippen molar-refractivity contribution in [2.45, 2.75) is 58.4 Å². The molecular formula is C26H32FN3O. The van der Waals surface area contributed by atoms with Gasteiger partial charge in [-0.25, -0.2) is 4.98 Å². The van der Waals surface area contributed by atoms with E-state index in [9.17, 15) is 9.18 Å². The van der Waals surface area contributed by atoms with Crippen molar-refractivity contribution < 1.29 is 9.18 Å². The zero-order valence-electron chi connectivity index (χ0n) is 18.6. The summed E-state index contributed by atoms with van der Waals surface area (Å²) in [5, 5.41) is 0. The third-order valence-corrected chi connectivity index (χ3v) is 6.05. The molecule has 1 aromatic heterocycles. The van der Waals surface area contributed by atoms with E-state index in [4.69, 9.17) is 5.73 Å². The highest BCUT2D eigenvalue weighted by Crippen LogP contribution is 2.48. The van der Waals surface area contributed by atoms with Gasteiger partial charge in [0.15, 0.2) is 0 Å². The molecule has 1 amide bonds. The number of carbonyl (C=O) groups is 1. The Kier molecular flexibility index (Phi) is 7.81. The lowest BCUT2D eigenvalue weighted by Crippen LogP contribution is -2.45. The Balaban J connectivity index is 1.80. The minimum atomic E-state index is -0.508. The summed E-state index contributed by atoms with van der Waals surface area (Å²) in [6, 6.07) is 12.4. The molecule has 164 valence electrons. The summed E-state index contributed by atoms with van der Waals surface area (Å²) in [6.07, 6.45) is 3.54. The van der Waals surface area contributed by atoms with Crippen LogP contribution >= 0.6 is 0 Å². The van der Waals surface area contributed by atoms with E-state index >= 15 is 0 Å². The minimum absolute atomic E-state index is 0.0274. The smallest absolute Gasteiger partial charge is 0.230 e. The van der Waals surface area contributed by atoms with E-state index < -0.39 is 5.95 Å². The first-order valence-electron chi connectivity index (χ1n) is 11.2.